The van der Waals surface area contributed by atoms with Gasteiger partial charge in [-0.1, -0.05) is 18.2 Å². The van der Waals surface area contributed by atoms with Gasteiger partial charge in [0.25, 0.3) is 0 Å². The lowest BCUT2D eigenvalue weighted by Gasteiger charge is -2.33. The van der Waals surface area contributed by atoms with E-state index in [2.05, 4.69) is 51.3 Å². The van der Waals surface area contributed by atoms with Gasteiger partial charge in [-0.2, -0.15) is 0 Å². The van der Waals surface area contributed by atoms with Gasteiger partial charge in [0.15, 0.2) is 0 Å². The number of nitrogens with two attached hydrogens (primary N) is 1. The Kier molecular flexibility index (Phi) is 5.30. The number of nitrogens with zero attached hydrogens (tertiary/aromatic N) is 3. The lowest BCUT2D eigenvalue weighted by molar-refractivity contribution is 0.199. The van der Waals surface area contributed by atoms with Crippen molar-refractivity contribution >= 4 is 16.9 Å². The third-order valence-corrected chi connectivity index (χ3v) is 6.15. The highest BCUT2D eigenvalue weighted by molar-refractivity contribution is 5.79. The van der Waals surface area contributed by atoms with Crippen molar-refractivity contribution in [3.63, 3.8) is 0 Å². The fraction of sp³-hybridized carbons (Fsp3) is 0.280. The molecule has 1 atom stereocenters. The van der Waals surface area contributed by atoms with Crippen LogP contribution in [0.3, 0.4) is 0 Å². The third-order valence-electron chi connectivity index (χ3n) is 6.15. The lowest BCUT2D eigenvalue weighted by Crippen LogP contribution is -2.34. The van der Waals surface area contributed by atoms with E-state index in [1.54, 1.807) is 7.11 Å². The second-order valence-corrected chi connectivity index (χ2v) is 8.23. The van der Waals surface area contributed by atoms with Gasteiger partial charge in [-0.25, -0.2) is 9.97 Å². The normalized spacial score (nSPS) is 17.1. The van der Waals surface area contributed by atoms with E-state index in [-0.39, 0.29) is 0 Å². The van der Waals surface area contributed by atoms with Crippen LogP contribution >= 0.6 is 0 Å². The first-order valence-corrected chi connectivity index (χ1v) is 10.7. The van der Waals surface area contributed by atoms with Crippen LogP contribution in [0.15, 0.2) is 60.9 Å². The molecule has 0 unspecified atom stereocenters. The Morgan fingerprint density at radius 1 is 1.16 bits per heavy atom. The molecule has 6 heteroatoms. The average Bonchev–Trinajstić information content (AvgIpc) is 3.27. The molecule has 1 saturated heterocycles. The molecule has 0 amide bonds. The molecule has 1 fully saturated rings. The SMILES string of the molecule is COc1ccc(-c2cnc(N)nc2[C@H]2CCCN(Cc3ccc4[nH]ccc4c3)C2)cc1. The number of aromatic nitrogens is 3. The lowest BCUT2D eigenvalue weighted by atomic mass is 9.89. The molecule has 6 nitrogen and oxygen atoms in total. The predicted octanol–water partition coefficient (Wildman–Crippen LogP) is 4.60. The van der Waals surface area contributed by atoms with Gasteiger partial charge in [0, 0.05) is 42.5 Å². The van der Waals surface area contributed by atoms with Gasteiger partial charge in [0.05, 0.1) is 12.8 Å². The minimum atomic E-state index is 0.326. The number of anilines is 1. The number of fused-ring (bicyclic) bond motifs is 1. The Morgan fingerprint density at radius 2 is 2.03 bits per heavy atom. The number of hydrogen-bond donors (Lipinski definition) is 2. The molecule has 2 aromatic heterocycles. The summed E-state index contributed by atoms with van der Waals surface area (Å²) in [5.41, 5.74) is 11.7. The zero-order chi connectivity index (χ0) is 21.2. The van der Waals surface area contributed by atoms with E-state index < -0.39 is 0 Å². The summed E-state index contributed by atoms with van der Waals surface area (Å²) in [6.45, 7) is 3.00. The molecule has 1 aliphatic heterocycles. The minimum absolute atomic E-state index is 0.326. The van der Waals surface area contributed by atoms with Crippen LogP contribution in [0.4, 0.5) is 5.95 Å². The highest BCUT2D eigenvalue weighted by atomic mass is 16.5. The molecule has 3 N–H and O–H groups in total. The zero-order valence-corrected chi connectivity index (χ0v) is 17.7. The van der Waals surface area contributed by atoms with Crippen molar-refractivity contribution in [2.75, 3.05) is 25.9 Å². The molecule has 0 spiro atoms. The van der Waals surface area contributed by atoms with E-state index in [0.717, 1.165) is 55.0 Å². The standard InChI is InChI=1S/C25H27N5O/c1-31-21-7-5-18(6-8-21)22-14-28-25(26)29-24(22)20-3-2-12-30(16-20)15-17-4-9-23-19(13-17)10-11-27-23/h4-11,13-14,20,27H,2-3,12,15-16H2,1H3,(H2,26,28,29)/t20-/m0/s1. The smallest absolute Gasteiger partial charge is 0.220 e. The molecule has 0 aliphatic carbocycles. The number of hydrogen-bond acceptors (Lipinski definition) is 5. The molecule has 31 heavy (non-hydrogen) atoms. The van der Waals surface area contributed by atoms with Crippen LogP contribution in [-0.2, 0) is 6.54 Å². The number of nitrogen functional groups attached to an aromatic ring is 1. The van der Waals surface area contributed by atoms with Crippen LogP contribution in [-0.4, -0.2) is 40.1 Å². The van der Waals surface area contributed by atoms with Gasteiger partial charge in [0.1, 0.15) is 5.75 Å². The number of aromatic amines is 1. The van der Waals surface area contributed by atoms with Crippen LogP contribution in [0.1, 0.15) is 30.0 Å². The van der Waals surface area contributed by atoms with Crippen LogP contribution in [0.25, 0.3) is 22.0 Å². The molecule has 5 rings (SSSR count). The first kappa shape index (κ1) is 19.6. The Labute approximate surface area is 182 Å². The van der Waals surface area contributed by atoms with E-state index >= 15 is 0 Å². The number of benzene rings is 2. The fourth-order valence-corrected chi connectivity index (χ4v) is 4.60. The Balaban J connectivity index is 1.39. The van der Waals surface area contributed by atoms with E-state index in [1.165, 1.54) is 16.5 Å². The maximum atomic E-state index is 6.00. The fourth-order valence-electron chi connectivity index (χ4n) is 4.60. The van der Waals surface area contributed by atoms with Crippen LogP contribution in [0, 0.1) is 0 Å². The monoisotopic (exact) mass is 413 g/mol. The number of methoxy groups -OCH3 is 1. The summed E-state index contributed by atoms with van der Waals surface area (Å²) in [5, 5.41) is 1.26. The number of H-pyrrole nitrogens is 1. The first-order chi connectivity index (χ1) is 15.2. The summed E-state index contributed by atoms with van der Waals surface area (Å²) in [5.74, 6) is 1.50. The van der Waals surface area contributed by atoms with Gasteiger partial charge < -0.3 is 15.5 Å². The summed E-state index contributed by atoms with van der Waals surface area (Å²) in [7, 11) is 1.68. The maximum absolute atomic E-state index is 6.00. The quantitative estimate of drug-likeness (QED) is 0.500. The van der Waals surface area contributed by atoms with Gasteiger partial charge in [0.2, 0.25) is 5.95 Å². The maximum Gasteiger partial charge on any atom is 0.220 e. The molecular formula is C25H27N5O. The molecule has 1 aliphatic rings. The average molecular weight is 414 g/mol. The summed E-state index contributed by atoms with van der Waals surface area (Å²) < 4.78 is 5.30. The van der Waals surface area contributed by atoms with E-state index in [0.29, 0.717) is 11.9 Å². The molecule has 4 aromatic rings. The largest absolute Gasteiger partial charge is 0.497 e. The van der Waals surface area contributed by atoms with Crippen molar-refractivity contribution < 1.29 is 4.74 Å². The molecule has 2 aromatic carbocycles. The highest BCUT2D eigenvalue weighted by Crippen LogP contribution is 2.34. The van der Waals surface area contributed by atoms with Crippen molar-refractivity contribution in [2.45, 2.75) is 25.3 Å². The number of piperidine rings is 1. The van der Waals surface area contributed by atoms with E-state index in [9.17, 15) is 0 Å². The number of likely N-dealkylation sites (tertiary alicyclic amines) is 1. The number of ether oxygens (including phenoxy) is 1. The zero-order valence-electron chi connectivity index (χ0n) is 17.7. The van der Waals surface area contributed by atoms with Gasteiger partial charge in [-0.15, -0.1) is 0 Å². The Morgan fingerprint density at radius 3 is 2.87 bits per heavy atom. The minimum Gasteiger partial charge on any atom is -0.497 e. The number of nitrogens with one attached hydrogen (secondary N) is 1. The van der Waals surface area contributed by atoms with Crippen LogP contribution in [0.2, 0.25) is 0 Å². The summed E-state index contributed by atoms with van der Waals surface area (Å²) in [4.78, 5) is 14.8. The Bertz CT molecular complexity index is 1180. The van der Waals surface area contributed by atoms with Crippen molar-refractivity contribution in [1.29, 1.82) is 0 Å². The molecule has 158 valence electrons. The third kappa shape index (κ3) is 4.11. The van der Waals surface area contributed by atoms with Crippen LogP contribution < -0.4 is 10.5 Å². The summed E-state index contributed by atoms with van der Waals surface area (Å²) in [6, 6.07) is 16.9. The molecule has 3 heterocycles. The second-order valence-electron chi connectivity index (χ2n) is 8.23. The summed E-state index contributed by atoms with van der Waals surface area (Å²) >= 11 is 0. The number of rotatable bonds is 5. The van der Waals surface area contributed by atoms with E-state index in [4.69, 9.17) is 15.5 Å². The highest BCUT2D eigenvalue weighted by Gasteiger charge is 2.25. The van der Waals surface area contributed by atoms with E-state index in [1.807, 2.05) is 24.5 Å². The van der Waals surface area contributed by atoms with Gasteiger partial charge in [-0.05, 0) is 66.2 Å². The van der Waals surface area contributed by atoms with Crippen molar-refractivity contribution in [3.8, 4) is 16.9 Å². The van der Waals surface area contributed by atoms with Gasteiger partial charge >= 0.3 is 0 Å². The molecule has 0 radical (unpaired) electrons. The van der Waals surface area contributed by atoms with Gasteiger partial charge in [-0.3, -0.25) is 4.90 Å². The van der Waals surface area contributed by atoms with Crippen LogP contribution in [0.5, 0.6) is 5.75 Å². The summed E-state index contributed by atoms with van der Waals surface area (Å²) in [6.07, 6.45) is 6.10. The van der Waals surface area contributed by atoms with Crippen molar-refractivity contribution in [1.82, 2.24) is 19.9 Å². The molecule has 0 saturated carbocycles. The van der Waals surface area contributed by atoms with Crippen molar-refractivity contribution in [2.24, 2.45) is 0 Å². The second kappa shape index (κ2) is 8.40. The van der Waals surface area contributed by atoms with Crippen molar-refractivity contribution in [3.05, 3.63) is 72.2 Å². The predicted molar refractivity (Wildman–Crippen MR) is 124 cm³/mol. The first-order valence-electron chi connectivity index (χ1n) is 10.7. The molecular weight excluding hydrogens is 386 g/mol. The molecule has 0 bridgehead atoms. The topological polar surface area (TPSA) is 80.1 Å². The Hall–Kier alpha value is -3.38.